The van der Waals surface area contributed by atoms with Crippen molar-refractivity contribution in [3.63, 3.8) is 0 Å². The summed E-state index contributed by atoms with van der Waals surface area (Å²) in [5, 5.41) is 15.6. The van der Waals surface area contributed by atoms with E-state index in [4.69, 9.17) is 4.74 Å². The summed E-state index contributed by atoms with van der Waals surface area (Å²) in [5.74, 6) is 0.191. The second-order valence-electron chi connectivity index (χ2n) is 6.09. The number of ether oxygens (including phenoxy) is 1. The Labute approximate surface area is 169 Å². The molecular formula is C20H16BrN5O2. The molecule has 1 N–H and O–H groups in total. The summed E-state index contributed by atoms with van der Waals surface area (Å²) in [6.07, 6.45) is 1.72. The van der Waals surface area contributed by atoms with Crippen molar-refractivity contribution in [2.24, 2.45) is 0 Å². The second-order valence-corrected chi connectivity index (χ2v) is 7.00. The van der Waals surface area contributed by atoms with Crippen LogP contribution in [0.5, 0.6) is 5.75 Å². The maximum atomic E-state index is 12.7. The van der Waals surface area contributed by atoms with Gasteiger partial charge >= 0.3 is 0 Å². The Kier molecular flexibility index (Phi) is 4.79. The van der Waals surface area contributed by atoms with Gasteiger partial charge in [0.1, 0.15) is 5.75 Å². The number of aromatic nitrogens is 4. The topological polar surface area (TPSA) is 81.4 Å². The van der Waals surface area contributed by atoms with Crippen molar-refractivity contribution in [3.05, 3.63) is 70.6 Å². The number of nitrogens with zero attached hydrogens (tertiary/aromatic N) is 4. The van der Waals surface area contributed by atoms with Gasteiger partial charge in [0.2, 0.25) is 0 Å². The maximum absolute atomic E-state index is 12.7. The Morgan fingerprint density at radius 3 is 2.61 bits per heavy atom. The lowest BCUT2D eigenvalue weighted by molar-refractivity contribution is 0.101. The first kappa shape index (κ1) is 18.1. The van der Waals surface area contributed by atoms with Gasteiger partial charge in [-0.3, -0.25) is 4.79 Å². The highest BCUT2D eigenvalue weighted by Crippen LogP contribution is 2.26. The number of para-hydroxylation sites is 2. The van der Waals surface area contributed by atoms with E-state index in [1.54, 1.807) is 36.9 Å². The van der Waals surface area contributed by atoms with Crippen LogP contribution in [-0.2, 0) is 0 Å². The molecule has 2 aromatic carbocycles. The predicted octanol–water partition coefficient (Wildman–Crippen LogP) is 4.12. The van der Waals surface area contributed by atoms with E-state index in [0.29, 0.717) is 22.8 Å². The van der Waals surface area contributed by atoms with Crippen molar-refractivity contribution >= 4 is 33.2 Å². The van der Waals surface area contributed by atoms with Crippen molar-refractivity contribution in [3.8, 4) is 16.9 Å². The van der Waals surface area contributed by atoms with E-state index in [-0.39, 0.29) is 11.6 Å². The Morgan fingerprint density at radius 1 is 1.11 bits per heavy atom. The highest BCUT2D eigenvalue weighted by molar-refractivity contribution is 9.10. The van der Waals surface area contributed by atoms with Crippen LogP contribution in [0.3, 0.4) is 0 Å². The summed E-state index contributed by atoms with van der Waals surface area (Å²) in [4.78, 5) is 12.7. The Hall–Kier alpha value is -3.26. The molecule has 0 aliphatic carbocycles. The molecule has 8 heteroatoms. The van der Waals surface area contributed by atoms with Crippen LogP contribution in [0.2, 0.25) is 0 Å². The number of hydrogen-bond donors (Lipinski definition) is 1. The number of nitrogens with one attached hydrogen (secondary N) is 1. The third-order valence-corrected chi connectivity index (χ3v) is 4.90. The molecular weight excluding hydrogens is 422 g/mol. The van der Waals surface area contributed by atoms with Gasteiger partial charge in [0.25, 0.3) is 5.91 Å². The molecule has 4 aromatic rings. The number of amides is 1. The minimum absolute atomic E-state index is 0.198. The summed E-state index contributed by atoms with van der Waals surface area (Å²) in [5.41, 5.74) is 3.77. The predicted molar refractivity (Wildman–Crippen MR) is 110 cm³/mol. The number of aryl methyl sites for hydroxylation is 1. The summed E-state index contributed by atoms with van der Waals surface area (Å²) >= 11 is 3.43. The van der Waals surface area contributed by atoms with Crippen LogP contribution in [0.15, 0.2) is 59.2 Å². The second kappa shape index (κ2) is 7.40. The zero-order valence-corrected chi connectivity index (χ0v) is 16.8. The van der Waals surface area contributed by atoms with Crippen molar-refractivity contribution in [1.29, 1.82) is 0 Å². The van der Waals surface area contributed by atoms with E-state index in [1.165, 1.54) is 0 Å². The lowest BCUT2D eigenvalue weighted by atomic mass is 10.1. The zero-order valence-electron chi connectivity index (χ0n) is 15.2. The van der Waals surface area contributed by atoms with Gasteiger partial charge in [-0.1, -0.05) is 40.2 Å². The first-order chi connectivity index (χ1) is 13.6. The zero-order chi connectivity index (χ0) is 19.7. The smallest absolute Gasteiger partial charge is 0.278 e. The summed E-state index contributed by atoms with van der Waals surface area (Å²) in [6, 6.07) is 15.0. The largest absolute Gasteiger partial charge is 0.495 e. The molecule has 0 aliphatic rings. The van der Waals surface area contributed by atoms with E-state index in [1.807, 2.05) is 36.4 Å². The van der Waals surface area contributed by atoms with E-state index < -0.39 is 0 Å². The van der Waals surface area contributed by atoms with Gasteiger partial charge in [0, 0.05) is 10.0 Å². The maximum Gasteiger partial charge on any atom is 0.278 e. The molecule has 0 saturated carbocycles. The van der Waals surface area contributed by atoms with Crippen LogP contribution in [-0.4, -0.2) is 32.8 Å². The summed E-state index contributed by atoms with van der Waals surface area (Å²) in [6.45, 7) is 1.79. The molecule has 0 radical (unpaired) electrons. The number of benzene rings is 2. The Balaban J connectivity index is 1.70. The Bertz CT molecular complexity index is 1170. The molecule has 28 heavy (non-hydrogen) atoms. The van der Waals surface area contributed by atoms with Crippen molar-refractivity contribution in [2.45, 2.75) is 6.92 Å². The number of methoxy groups -OCH3 is 1. The number of rotatable bonds is 4. The fourth-order valence-corrected chi connectivity index (χ4v) is 3.19. The molecule has 0 spiro atoms. The van der Waals surface area contributed by atoms with E-state index in [0.717, 1.165) is 15.6 Å². The molecule has 0 aliphatic heterocycles. The third-order valence-electron chi connectivity index (χ3n) is 4.37. The van der Waals surface area contributed by atoms with Gasteiger partial charge in [-0.05, 0) is 36.8 Å². The fraction of sp³-hybridized carbons (Fsp3) is 0.100. The average molecular weight is 438 g/mol. The molecule has 2 aromatic heterocycles. The number of hydrogen-bond acceptors (Lipinski definition) is 5. The molecule has 2 heterocycles. The standard InChI is InChI=1S/C20H16BrN5O2/c1-12-18(20(27)23-16-5-3-4-6-17(16)28-2)24-25-19-15(11-22-26(12)19)13-7-9-14(21)10-8-13/h3-11H,1-2H3,(H,23,27). The molecule has 140 valence electrons. The molecule has 4 rings (SSSR count). The van der Waals surface area contributed by atoms with Crippen LogP contribution >= 0.6 is 15.9 Å². The van der Waals surface area contributed by atoms with Crippen LogP contribution in [0.4, 0.5) is 5.69 Å². The van der Waals surface area contributed by atoms with Crippen molar-refractivity contribution in [2.75, 3.05) is 12.4 Å². The lowest BCUT2D eigenvalue weighted by Gasteiger charge is -2.10. The van der Waals surface area contributed by atoms with Gasteiger partial charge in [0.05, 0.1) is 24.7 Å². The van der Waals surface area contributed by atoms with Gasteiger partial charge in [-0.15, -0.1) is 10.2 Å². The number of carbonyl (C=O) groups excluding carboxylic acids is 1. The summed E-state index contributed by atoms with van der Waals surface area (Å²) < 4.78 is 7.89. The Morgan fingerprint density at radius 2 is 1.86 bits per heavy atom. The van der Waals surface area contributed by atoms with Crippen LogP contribution in [0.25, 0.3) is 16.8 Å². The number of halogens is 1. The van der Waals surface area contributed by atoms with Crippen molar-refractivity contribution < 1.29 is 9.53 Å². The molecule has 1 amide bonds. The minimum atomic E-state index is -0.378. The molecule has 0 atom stereocenters. The first-order valence-electron chi connectivity index (χ1n) is 8.50. The fourth-order valence-electron chi connectivity index (χ4n) is 2.93. The van der Waals surface area contributed by atoms with E-state index >= 15 is 0 Å². The lowest BCUT2D eigenvalue weighted by Crippen LogP contribution is -2.19. The highest BCUT2D eigenvalue weighted by Gasteiger charge is 2.19. The molecule has 7 nitrogen and oxygen atoms in total. The molecule has 0 unspecified atom stereocenters. The first-order valence-corrected chi connectivity index (χ1v) is 9.29. The minimum Gasteiger partial charge on any atom is -0.495 e. The average Bonchev–Trinajstić information content (AvgIpc) is 3.14. The number of carbonyl (C=O) groups is 1. The molecule has 0 bridgehead atoms. The van der Waals surface area contributed by atoms with E-state index in [9.17, 15) is 4.79 Å². The third kappa shape index (κ3) is 3.22. The van der Waals surface area contributed by atoms with Gasteiger partial charge in [0.15, 0.2) is 11.3 Å². The number of anilines is 1. The van der Waals surface area contributed by atoms with Gasteiger partial charge < -0.3 is 10.1 Å². The monoisotopic (exact) mass is 437 g/mol. The van der Waals surface area contributed by atoms with Crippen LogP contribution < -0.4 is 10.1 Å². The molecule has 0 saturated heterocycles. The van der Waals surface area contributed by atoms with E-state index in [2.05, 4.69) is 36.5 Å². The number of fused-ring (bicyclic) bond motifs is 1. The highest BCUT2D eigenvalue weighted by atomic mass is 79.9. The van der Waals surface area contributed by atoms with Crippen molar-refractivity contribution in [1.82, 2.24) is 19.8 Å². The SMILES string of the molecule is COc1ccccc1NC(=O)c1nnc2c(-c3ccc(Br)cc3)cnn2c1C. The normalized spacial score (nSPS) is 10.8. The van der Waals surface area contributed by atoms with Gasteiger partial charge in [-0.2, -0.15) is 5.10 Å². The summed E-state index contributed by atoms with van der Waals surface area (Å²) in [7, 11) is 1.55. The quantitative estimate of drug-likeness (QED) is 0.519. The van der Waals surface area contributed by atoms with Crippen LogP contribution in [0.1, 0.15) is 16.2 Å². The van der Waals surface area contributed by atoms with Gasteiger partial charge in [-0.25, -0.2) is 4.52 Å². The molecule has 0 fully saturated rings. The van der Waals surface area contributed by atoms with Crippen LogP contribution in [0, 0.1) is 6.92 Å².